The maximum atomic E-state index is 12.0. The number of likely N-dealkylation sites (N-methyl/N-ethyl adjacent to an activating group) is 1. The van der Waals surface area contributed by atoms with Gasteiger partial charge in [0.1, 0.15) is 5.78 Å². The number of hydrogen-bond acceptors (Lipinski definition) is 5. The van der Waals surface area contributed by atoms with Gasteiger partial charge in [-0.05, 0) is 19.9 Å². The van der Waals surface area contributed by atoms with Crippen LogP contribution in [0.3, 0.4) is 0 Å². The van der Waals surface area contributed by atoms with E-state index in [0.717, 1.165) is 6.42 Å². The third-order valence-corrected chi connectivity index (χ3v) is 3.26. The predicted octanol–water partition coefficient (Wildman–Crippen LogP) is 0.212. The van der Waals surface area contributed by atoms with Gasteiger partial charge < -0.3 is 15.7 Å². The molecule has 0 heterocycles. The molecule has 0 saturated heterocycles. The van der Waals surface area contributed by atoms with Crippen molar-refractivity contribution in [2.45, 2.75) is 45.7 Å². The monoisotopic (exact) mass is 272 g/mol. The van der Waals surface area contributed by atoms with Gasteiger partial charge in [-0.2, -0.15) is 0 Å². The Labute approximate surface area is 113 Å². The molecule has 6 nitrogen and oxygen atoms in total. The van der Waals surface area contributed by atoms with Crippen molar-refractivity contribution in [2.75, 3.05) is 13.6 Å². The Bertz CT molecular complexity index is 331. The highest BCUT2D eigenvalue weighted by atomic mass is 16.4. The topological polar surface area (TPSA) is 95.5 Å². The minimum Gasteiger partial charge on any atom is -0.481 e. The molecule has 0 fully saturated rings. The first kappa shape index (κ1) is 17.7. The van der Waals surface area contributed by atoms with Crippen LogP contribution in [0, 0.1) is 5.92 Å². The fraction of sp³-hybridized carbons (Fsp3) is 0.769. The standard InChI is InChI=1S/C13H24N2O4/c1-5-8(2)13(14-4)11(17)7-15-10(9(3)16)6-12(18)19/h8,10,13-15H,5-7H2,1-4H3,(H,18,19)/t8-,10+,13+/m1/s1. The number of carbonyl (C=O) groups excluding carboxylic acids is 2. The van der Waals surface area contributed by atoms with Gasteiger partial charge in [0.2, 0.25) is 0 Å². The molecule has 0 rings (SSSR count). The van der Waals surface area contributed by atoms with Crippen LogP contribution in [0.2, 0.25) is 0 Å². The number of ketones is 2. The van der Waals surface area contributed by atoms with E-state index in [-0.39, 0.29) is 36.5 Å². The van der Waals surface area contributed by atoms with Crippen LogP contribution in [0.1, 0.15) is 33.6 Å². The van der Waals surface area contributed by atoms with Crippen molar-refractivity contribution in [3.05, 3.63) is 0 Å². The number of carboxylic acid groups (broad SMARTS) is 1. The minimum atomic E-state index is -1.06. The summed E-state index contributed by atoms with van der Waals surface area (Å²) >= 11 is 0. The zero-order valence-electron chi connectivity index (χ0n) is 12.0. The van der Waals surface area contributed by atoms with Gasteiger partial charge in [0.25, 0.3) is 0 Å². The van der Waals surface area contributed by atoms with Crippen LogP contribution in [0.5, 0.6) is 0 Å². The van der Waals surface area contributed by atoms with Crippen molar-refractivity contribution in [1.82, 2.24) is 10.6 Å². The molecule has 0 saturated carbocycles. The Hall–Kier alpha value is -1.27. The van der Waals surface area contributed by atoms with Gasteiger partial charge in [-0.1, -0.05) is 20.3 Å². The largest absolute Gasteiger partial charge is 0.481 e. The average Bonchev–Trinajstić information content (AvgIpc) is 2.34. The van der Waals surface area contributed by atoms with Gasteiger partial charge in [-0.25, -0.2) is 0 Å². The third kappa shape index (κ3) is 6.45. The first-order valence-corrected chi connectivity index (χ1v) is 6.49. The molecule has 6 heteroatoms. The lowest BCUT2D eigenvalue weighted by Gasteiger charge is -2.22. The Morgan fingerprint density at radius 1 is 1.26 bits per heavy atom. The second-order valence-corrected chi connectivity index (χ2v) is 4.76. The fourth-order valence-corrected chi connectivity index (χ4v) is 1.87. The van der Waals surface area contributed by atoms with Gasteiger partial charge in [0, 0.05) is 0 Å². The van der Waals surface area contributed by atoms with Crippen molar-refractivity contribution in [3.8, 4) is 0 Å². The fourth-order valence-electron chi connectivity index (χ4n) is 1.87. The number of Topliss-reactive ketones (excluding diaryl/α,β-unsaturated/α-hetero) is 2. The summed E-state index contributed by atoms with van der Waals surface area (Å²) in [4.78, 5) is 33.9. The summed E-state index contributed by atoms with van der Waals surface area (Å²) in [6, 6.07) is -1.09. The second kappa shape index (κ2) is 8.77. The molecule has 0 aliphatic rings. The van der Waals surface area contributed by atoms with Gasteiger partial charge >= 0.3 is 5.97 Å². The molecule has 3 N–H and O–H groups in total. The van der Waals surface area contributed by atoms with Crippen molar-refractivity contribution in [2.24, 2.45) is 5.92 Å². The summed E-state index contributed by atoms with van der Waals surface area (Å²) in [5.74, 6) is -1.21. The van der Waals surface area contributed by atoms with Crippen LogP contribution in [0.15, 0.2) is 0 Å². The van der Waals surface area contributed by atoms with Gasteiger partial charge in [0.05, 0.1) is 25.0 Å². The van der Waals surface area contributed by atoms with E-state index in [1.807, 2.05) is 13.8 Å². The Balaban J connectivity index is 4.46. The molecule has 0 radical (unpaired) electrons. The normalized spacial score (nSPS) is 15.6. The van der Waals surface area contributed by atoms with Crippen molar-refractivity contribution in [1.29, 1.82) is 0 Å². The van der Waals surface area contributed by atoms with Crippen LogP contribution in [-0.2, 0) is 14.4 Å². The highest BCUT2D eigenvalue weighted by Crippen LogP contribution is 2.08. The van der Waals surface area contributed by atoms with Crippen molar-refractivity contribution < 1.29 is 19.5 Å². The Morgan fingerprint density at radius 3 is 2.21 bits per heavy atom. The summed E-state index contributed by atoms with van der Waals surface area (Å²) in [6.07, 6.45) is 0.554. The van der Waals surface area contributed by atoms with Crippen LogP contribution in [0.25, 0.3) is 0 Å². The highest BCUT2D eigenvalue weighted by molar-refractivity contribution is 5.89. The zero-order chi connectivity index (χ0) is 15.0. The molecule has 3 atom stereocenters. The molecule has 19 heavy (non-hydrogen) atoms. The molecule has 0 unspecified atom stereocenters. The van der Waals surface area contributed by atoms with Crippen LogP contribution >= 0.6 is 0 Å². The van der Waals surface area contributed by atoms with E-state index in [2.05, 4.69) is 10.6 Å². The lowest BCUT2D eigenvalue weighted by atomic mass is 9.95. The number of aliphatic carboxylic acids is 1. The molecule has 0 aliphatic heterocycles. The highest BCUT2D eigenvalue weighted by Gasteiger charge is 2.24. The molecule has 0 aliphatic carbocycles. The first-order valence-electron chi connectivity index (χ1n) is 6.49. The number of rotatable bonds is 10. The van der Waals surface area contributed by atoms with E-state index in [1.165, 1.54) is 6.92 Å². The van der Waals surface area contributed by atoms with E-state index >= 15 is 0 Å². The number of hydrogen-bond donors (Lipinski definition) is 3. The lowest BCUT2D eigenvalue weighted by Crippen LogP contribution is -2.47. The molecular weight excluding hydrogens is 248 g/mol. The number of carbonyl (C=O) groups is 3. The molecule has 110 valence electrons. The summed E-state index contributed by atoms with van der Waals surface area (Å²) in [5.41, 5.74) is 0. The summed E-state index contributed by atoms with van der Waals surface area (Å²) < 4.78 is 0. The molecule has 0 spiro atoms. The maximum absolute atomic E-state index is 12.0. The summed E-state index contributed by atoms with van der Waals surface area (Å²) in [5, 5.41) is 14.4. The maximum Gasteiger partial charge on any atom is 0.305 e. The number of nitrogens with one attached hydrogen (secondary N) is 2. The van der Waals surface area contributed by atoms with Gasteiger partial charge in [-0.3, -0.25) is 14.4 Å². The molecule has 0 aromatic rings. The van der Waals surface area contributed by atoms with Crippen LogP contribution in [0.4, 0.5) is 0 Å². The summed E-state index contributed by atoms with van der Waals surface area (Å²) in [7, 11) is 1.72. The Morgan fingerprint density at radius 2 is 1.84 bits per heavy atom. The van der Waals surface area contributed by atoms with E-state index in [4.69, 9.17) is 5.11 Å². The third-order valence-electron chi connectivity index (χ3n) is 3.26. The van der Waals surface area contributed by atoms with Crippen molar-refractivity contribution in [3.63, 3.8) is 0 Å². The Kier molecular flexibility index (Phi) is 8.18. The molecule has 0 bridgehead atoms. The molecular formula is C13H24N2O4. The van der Waals surface area contributed by atoms with Crippen LogP contribution in [-0.4, -0.2) is 48.3 Å². The van der Waals surface area contributed by atoms with Crippen LogP contribution < -0.4 is 10.6 Å². The first-order chi connectivity index (χ1) is 8.83. The molecule has 0 aromatic carbocycles. The quantitative estimate of drug-likeness (QED) is 0.526. The van der Waals surface area contributed by atoms with E-state index in [1.54, 1.807) is 7.05 Å². The number of carboxylic acids is 1. The smallest absolute Gasteiger partial charge is 0.305 e. The molecule has 0 aromatic heterocycles. The zero-order valence-corrected chi connectivity index (χ0v) is 12.0. The second-order valence-electron chi connectivity index (χ2n) is 4.76. The summed E-state index contributed by atoms with van der Waals surface area (Å²) in [6.45, 7) is 5.28. The molecule has 0 amide bonds. The van der Waals surface area contributed by atoms with E-state index in [9.17, 15) is 14.4 Å². The van der Waals surface area contributed by atoms with E-state index < -0.39 is 12.0 Å². The predicted molar refractivity (Wildman–Crippen MR) is 72.0 cm³/mol. The average molecular weight is 272 g/mol. The van der Waals surface area contributed by atoms with Crippen molar-refractivity contribution >= 4 is 17.5 Å². The SMILES string of the molecule is CC[C@@H](C)[C@H](NC)C(=O)CN[C@@H](CC(=O)O)C(C)=O. The van der Waals surface area contributed by atoms with Gasteiger partial charge in [-0.15, -0.1) is 0 Å². The minimum absolute atomic E-state index is 0.00657. The lowest BCUT2D eigenvalue weighted by molar-refractivity contribution is -0.139. The van der Waals surface area contributed by atoms with E-state index in [0.29, 0.717) is 0 Å². The van der Waals surface area contributed by atoms with Gasteiger partial charge in [0.15, 0.2) is 5.78 Å².